The van der Waals surface area contributed by atoms with Crippen molar-refractivity contribution in [3.8, 4) is 5.75 Å². The second kappa shape index (κ2) is 10.6. The highest BCUT2D eigenvalue weighted by molar-refractivity contribution is 5.72. The molecule has 4 rings (SSSR count). The summed E-state index contributed by atoms with van der Waals surface area (Å²) >= 11 is 0. The average molecular weight is 424 g/mol. The molecule has 0 fully saturated rings. The van der Waals surface area contributed by atoms with Crippen LogP contribution in [0.4, 0.5) is 11.4 Å². The van der Waals surface area contributed by atoms with Gasteiger partial charge in [0.15, 0.2) is 0 Å². The van der Waals surface area contributed by atoms with Crippen molar-refractivity contribution in [3.63, 3.8) is 0 Å². The third kappa shape index (κ3) is 5.55. The van der Waals surface area contributed by atoms with Crippen LogP contribution in [0.25, 0.3) is 0 Å². The van der Waals surface area contributed by atoms with E-state index in [0.29, 0.717) is 12.2 Å². The van der Waals surface area contributed by atoms with Crippen molar-refractivity contribution in [2.24, 2.45) is 0 Å². The van der Waals surface area contributed by atoms with Gasteiger partial charge in [0, 0.05) is 23.5 Å². The van der Waals surface area contributed by atoms with Crippen LogP contribution in [0.3, 0.4) is 0 Å². The number of ether oxygens (including phenoxy) is 1. The highest BCUT2D eigenvalue weighted by Gasteiger charge is 2.14. The Hall–Kier alpha value is -3.59. The molecule has 3 aromatic rings. The molecule has 3 heteroatoms. The predicted octanol–water partition coefficient (Wildman–Crippen LogP) is 7.16. The van der Waals surface area contributed by atoms with E-state index in [1.54, 1.807) is 6.92 Å². The lowest BCUT2D eigenvalue weighted by molar-refractivity contribution is -0.134. The molecule has 0 heterocycles. The van der Waals surface area contributed by atoms with Crippen LogP contribution in [0, 0.1) is 0 Å². The summed E-state index contributed by atoms with van der Waals surface area (Å²) in [5.74, 6) is 0.402. The van der Waals surface area contributed by atoms with E-state index >= 15 is 0 Å². The molecule has 0 atom stereocenters. The molecular formula is C29H29NO2. The number of para-hydroxylation sites is 1. The number of carbonyl (C=O) groups is 1. The van der Waals surface area contributed by atoms with Gasteiger partial charge < -0.3 is 9.64 Å². The van der Waals surface area contributed by atoms with Crippen LogP contribution in [0.2, 0.25) is 0 Å². The lowest BCUT2D eigenvalue weighted by Crippen LogP contribution is -2.16. The normalized spacial score (nSPS) is 12.8. The summed E-state index contributed by atoms with van der Waals surface area (Å²) in [6, 6.07) is 27.2. The van der Waals surface area contributed by atoms with Gasteiger partial charge in [0.2, 0.25) is 0 Å². The zero-order valence-electron chi connectivity index (χ0n) is 18.5. The van der Waals surface area contributed by atoms with Gasteiger partial charge in [0.1, 0.15) is 5.75 Å². The molecular weight excluding hydrogens is 394 g/mol. The molecule has 0 bridgehead atoms. The maximum Gasteiger partial charge on any atom is 0.310 e. The molecule has 0 aliphatic heterocycles. The molecule has 1 aliphatic carbocycles. The maximum atomic E-state index is 11.4. The Morgan fingerprint density at radius 1 is 0.812 bits per heavy atom. The molecule has 0 amide bonds. The van der Waals surface area contributed by atoms with Gasteiger partial charge >= 0.3 is 5.97 Å². The molecule has 1 aliphatic rings. The van der Waals surface area contributed by atoms with Gasteiger partial charge in [0.25, 0.3) is 0 Å². The van der Waals surface area contributed by atoms with E-state index in [4.69, 9.17) is 4.74 Å². The minimum Gasteiger partial charge on any atom is -0.427 e. The van der Waals surface area contributed by atoms with Crippen LogP contribution in [0.1, 0.15) is 37.3 Å². The largest absolute Gasteiger partial charge is 0.427 e. The minimum absolute atomic E-state index is 0.207. The van der Waals surface area contributed by atoms with Gasteiger partial charge in [-0.3, -0.25) is 4.79 Å². The quantitative estimate of drug-likeness (QED) is 0.284. The van der Waals surface area contributed by atoms with Gasteiger partial charge in [0.05, 0.1) is 0 Å². The summed E-state index contributed by atoms with van der Waals surface area (Å²) in [6.45, 7) is 1.80. The SMILES string of the molecule is CCC(=O)Oc1ccc(CCc2ccc(N(C3=CCCC=C3)c3ccccc3)cc2)cc1. The zero-order valence-corrected chi connectivity index (χ0v) is 18.5. The zero-order chi connectivity index (χ0) is 22.2. The summed E-state index contributed by atoms with van der Waals surface area (Å²) < 4.78 is 5.25. The summed E-state index contributed by atoms with van der Waals surface area (Å²) in [5, 5.41) is 0. The number of nitrogens with zero attached hydrogens (tertiary/aromatic N) is 1. The standard InChI is InChI=1S/C29H29NO2/c1-2-29(31)32-28-21-17-24(18-22-28)14-13-23-15-19-27(20-16-23)30(25-9-5-3-6-10-25)26-11-7-4-8-12-26/h3,5-7,9-12,15-22H,2,4,8,13-14H2,1H3. The summed E-state index contributed by atoms with van der Waals surface area (Å²) in [6.07, 6.45) is 11.2. The van der Waals surface area contributed by atoms with Crippen molar-refractivity contribution in [3.05, 3.63) is 114 Å². The van der Waals surface area contributed by atoms with Crippen LogP contribution in [-0.2, 0) is 17.6 Å². The predicted molar refractivity (Wildman–Crippen MR) is 131 cm³/mol. The number of esters is 1. The van der Waals surface area contributed by atoms with Crippen LogP contribution in [0.5, 0.6) is 5.75 Å². The Kier molecular flexibility index (Phi) is 7.19. The summed E-state index contributed by atoms with van der Waals surface area (Å²) in [5.41, 5.74) is 6.09. The van der Waals surface area contributed by atoms with Crippen molar-refractivity contribution in [2.75, 3.05) is 4.90 Å². The first-order chi connectivity index (χ1) is 15.7. The Morgan fingerprint density at radius 3 is 2.03 bits per heavy atom. The Bertz CT molecular complexity index is 1080. The number of anilines is 2. The number of allylic oxidation sites excluding steroid dienone is 3. The van der Waals surface area contributed by atoms with Crippen molar-refractivity contribution in [2.45, 2.75) is 39.0 Å². The molecule has 0 saturated carbocycles. The van der Waals surface area contributed by atoms with Crippen LogP contribution in [0.15, 0.2) is 103 Å². The van der Waals surface area contributed by atoms with E-state index in [1.807, 2.05) is 24.3 Å². The highest BCUT2D eigenvalue weighted by atomic mass is 16.5. The van der Waals surface area contributed by atoms with Crippen molar-refractivity contribution in [1.82, 2.24) is 0 Å². The topological polar surface area (TPSA) is 29.5 Å². The minimum atomic E-state index is -0.207. The molecule has 3 nitrogen and oxygen atoms in total. The third-order valence-electron chi connectivity index (χ3n) is 5.59. The summed E-state index contributed by atoms with van der Waals surface area (Å²) in [7, 11) is 0. The first-order valence-electron chi connectivity index (χ1n) is 11.3. The lowest BCUT2D eigenvalue weighted by atomic mass is 10.0. The molecule has 0 N–H and O–H groups in total. The Balaban J connectivity index is 1.44. The molecule has 3 aromatic carbocycles. The van der Waals surface area contributed by atoms with E-state index in [0.717, 1.165) is 25.7 Å². The molecule has 0 spiro atoms. The molecule has 0 unspecified atom stereocenters. The molecule has 0 saturated heterocycles. The maximum absolute atomic E-state index is 11.4. The molecule has 0 aromatic heterocycles. The third-order valence-corrected chi connectivity index (χ3v) is 5.59. The Morgan fingerprint density at radius 2 is 1.44 bits per heavy atom. The lowest BCUT2D eigenvalue weighted by Gasteiger charge is -2.27. The first kappa shape index (κ1) is 21.6. The Labute approximate surface area is 190 Å². The summed E-state index contributed by atoms with van der Waals surface area (Å²) in [4.78, 5) is 13.7. The van der Waals surface area contributed by atoms with Crippen LogP contribution >= 0.6 is 0 Å². The molecule has 32 heavy (non-hydrogen) atoms. The van der Waals surface area contributed by atoms with Gasteiger partial charge in [-0.25, -0.2) is 0 Å². The number of benzene rings is 3. The second-order valence-corrected chi connectivity index (χ2v) is 7.92. The van der Waals surface area contributed by atoms with Gasteiger partial charge in [-0.05, 0) is 79.3 Å². The van der Waals surface area contributed by atoms with Gasteiger partial charge in [-0.1, -0.05) is 61.5 Å². The number of hydrogen-bond donors (Lipinski definition) is 0. The van der Waals surface area contributed by atoms with E-state index in [2.05, 4.69) is 77.7 Å². The molecule has 162 valence electrons. The van der Waals surface area contributed by atoms with Crippen LogP contribution in [-0.4, -0.2) is 5.97 Å². The van der Waals surface area contributed by atoms with Gasteiger partial charge in [-0.2, -0.15) is 0 Å². The van der Waals surface area contributed by atoms with Crippen molar-refractivity contribution >= 4 is 17.3 Å². The number of aryl methyl sites for hydroxylation is 2. The monoisotopic (exact) mass is 423 g/mol. The second-order valence-electron chi connectivity index (χ2n) is 7.92. The molecule has 0 radical (unpaired) electrons. The smallest absolute Gasteiger partial charge is 0.310 e. The first-order valence-corrected chi connectivity index (χ1v) is 11.3. The highest BCUT2D eigenvalue weighted by Crippen LogP contribution is 2.32. The van der Waals surface area contributed by atoms with E-state index < -0.39 is 0 Å². The van der Waals surface area contributed by atoms with Crippen LogP contribution < -0.4 is 9.64 Å². The fraction of sp³-hybridized carbons (Fsp3) is 0.207. The van der Waals surface area contributed by atoms with E-state index in [9.17, 15) is 4.79 Å². The fourth-order valence-electron chi connectivity index (χ4n) is 3.82. The van der Waals surface area contributed by atoms with Gasteiger partial charge in [-0.15, -0.1) is 0 Å². The number of hydrogen-bond acceptors (Lipinski definition) is 3. The van der Waals surface area contributed by atoms with Crippen molar-refractivity contribution in [1.29, 1.82) is 0 Å². The van der Waals surface area contributed by atoms with E-state index in [1.165, 1.54) is 28.2 Å². The number of carbonyl (C=O) groups excluding carboxylic acids is 1. The average Bonchev–Trinajstić information content (AvgIpc) is 2.86. The van der Waals surface area contributed by atoms with Crippen molar-refractivity contribution < 1.29 is 9.53 Å². The fourth-order valence-corrected chi connectivity index (χ4v) is 3.82. The van der Waals surface area contributed by atoms with E-state index in [-0.39, 0.29) is 5.97 Å². The number of rotatable bonds is 8.